The van der Waals surface area contributed by atoms with Gasteiger partial charge in [0.1, 0.15) is 0 Å². The Hall–Kier alpha value is -0.500. The lowest BCUT2D eigenvalue weighted by atomic mass is 9.87. The molecule has 1 aliphatic heterocycles. The molecule has 0 aromatic carbocycles. The van der Waals surface area contributed by atoms with Gasteiger partial charge in [0.25, 0.3) is 0 Å². The highest BCUT2D eigenvalue weighted by Gasteiger charge is 2.30. The molecule has 0 unspecified atom stereocenters. The van der Waals surface area contributed by atoms with Gasteiger partial charge >= 0.3 is 0 Å². The van der Waals surface area contributed by atoms with Gasteiger partial charge in [-0.2, -0.15) is 0 Å². The number of hydrogen-bond acceptors (Lipinski definition) is 2. The van der Waals surface area contributed by atoms with E-state index in [1.54, 1.807) is 5.57 Å². The Bertz CT molecular complexity index is 270. The predicted molar refractivity (Wildman–Crippen MR) is 67.3 cm³/mol. The second kappa shape index (κ2) is 4.79. The van der Waals surface area contributed by atoms with Crippen LogP contribution in [-0.4, -0.2) is 31.2 Å². The van der Waals surface area contributed by atoms with Gasteiger partial charge in [-0.3, -0.25) is 0 Å². The summed E-state index contributed by atoms with van der Waals surface area (Å²) in [6.07, 6.45) is 9.06. The molecule has 2 aliphatic rings. The van der Waals surface area contributed by atoms with E-state index >= 15 is 0 Å². The molecule has 1 saturated carbocycles. The van der Waals surface area contributed by atoms with Crippen LogP contribution in [0.1, 0.15) is 46.0 Å². The van der Waals surface area contributed by atoms with Crippen LogP contribution in [0.2, 0.25) is 0 Å². The third-order valence-corrected chi connectivity index (χ3v) is 4.22. The first-order valence-corrected chi connectivity index (χ1v) is 6.59. The zero-order chi connectivity index (χ0) is 11.6. The minimum Gasteiger partial charge on any atom is -0.383 e. The molecule has 2 nitrogen and oxygen atoms in total. The molecule has 2 fully saturated rings. The first kappa shape index (κ1) is 12.0. The molecule has 92 valence electrons. The standard InChI is InChI=1S/C14H25NO/c1-14(2)8-4-6-12(14)10-15-9-5-7-13(15)11-16-3/h10,13H,4-9,11H2,1-3H3/b12-10+/t13-/m0/s1. The van der Waals surface area contributed by atoms with Crippen LogP contribution in [0.15, 0.2) is 11.8 Å². The summed E-state index contributed by atoms with van der Waals surface area (Å²) in [5, 5.41) is 0. The molecule has 2 heteroatoms. The van der Waals surface area contributed by atoms with Gasteiger partial charge in [0.15, 0.2) is 0 Å². The smallest absolute Gasteiger partial charge is 0.0666 e. The Morgan fingerprint density at radius 1 is 1.44 bits per heavy atom. The summed E-state index contributed by atoms with van der Waals surface area (Å²) in [5.41, 5.74) is 2.08. The van der Waals surface area contributed by atoms with E-state index in [0.717, 1.165) is 6.61 Å². The molecular weight excluding hydrogens is 198 g/mol. The van der Waals surface area contributed by atoms with Gasteiger partial charge in [0.05, 0.1) is 12.6 Å². The van der Waals surface area contributed by atoms with E-state index in [9.17, 15) is 0 Å². The van der Waals surface area contributed by atoms with Crippen LogP contribution in [-0.2, 0) is 4.74 Å². The first-order valence-electron chi connectivity index (χ1n) is 6.59. The number of nitrogens with zero attached hydrogens (tertiary/aromatic N) is 1. The molecule has 0 amide bonds. The summed E-state index contributed by atoms with van der Waals surface area (Å²) in [4.78, 5) is 2.52. The first-order chi connectivity index (χ1) is 7.63. The van der Waals surface area contributed by atoms with Crippen molar-refractivity contribution >= 4 is 0 Å². The molecular formula is C14H25NO. The summed E-state index contributed by atoms with van der Waals surface area (Å²) >= 11 is 0. The quantitative estimate of drug-likeness (QED) is 0.728. The van der Waals surface area contributed by atoms with Crippen LogP contribution in [0.3, 0.4) is 0 Å². The Morgan fingerprint density at radius 2 is 2.25 bits per heavy atom. The van der Waals surface area contributed by atoms with Gasteiger partial charge in [-0.05, 0) is 49.3 Å². The number of allylic oxidation sites excluding steroid dienone is 1. The SMILES string of the molecule is COC[C@@H]1CCCN1/C=C1\CCCC1(C)C. The van der Waals surface area contributed by atoms with Gasteiger partial charge in [0, 0.05) is 13.7 Å². The van der Waals surface area contributed by atoms with Gasteiger partial charge in [0.2, 0.25) is 0 Å². The van der Waals surface area contributed by atoms with E-state index in [4.69, 9.17) is 4.74 Å². The maximum absolute atomic E-state index is 5.30. The maximum Gasteiger partial charge on any atom is 0.0666 e. The van der Waals surface area contributed by atoms with Crippen molar-refractivity contribution in [2.75, 3.05) is 20.3 Å². The van der Waals surface area contributed by atoms with E-state index in [2.05, 4.69) is 24.9 Å². The lowest BCUT2D eigenvalue weighted by Gasteiger charge is -2.27. The number of hydrogen-bond donors (Lipinski definition) is 0. The number of ether oxygens (including phenoxy) is 1. The fourth-order valence-corrected chi connectivity index (χ4v) is 3.06. The molecule has 0 N–H and O–H groups in total. The lowest BCUT2D eigenvalue weighted by Crippen LogP contribution is -2.29. The zero-order valence-corrected chi connectivity index (χ0v) is 11.0. The largest absolute Gasteiger partial charge is 0.383 e. The van der Waals surface area contributed by atoms with Crippen molar-refractivity contribution in [2.45, 2.75) is 52.0 Å². The van der Waals surface area contributed by atoms with Crippen molar-refractivity contribution < 1.29 is 4.74 Å². The zero-order valence-electron chi connectivity index (χ0n) is 11.0. The van der Waals surface area contributed by atoms with Gasteiger partial charge in [-0.1, -0.05) is 13.8 Å². The minimum atomic E-state index is 0.431. The maximum atomic E-state index is 5.30. The highest BCUT2D eigenvalue weighted by atomic mass is 16.5. The third kappa shape index (κ3) is 2.42. The summed E-state index contributed by atoms with van der Waals surface area (Å²) in [5.74, 6) is 0. The van der Waals surface area contributed by atoms with Crippen molar-refractivity contribution in [3.05, 3.63) is 11.8 Å². The van der Waals surface area contributed by atoms with Crippen molar-refractivity contribution in [3.63, 3.8) is 0 Å². The van der Waals surface area contributed by atoms with Gasteiger partial charge in [-0.15, -0.1) is 0 Å². The summed E-state index contributed by atoms with van der Waals surface area (Å²) < 4.78 is 5.30. The van der Waals surface area contributed by atoms with Crippen LogP contribution in [0.4, 0.5) is 0 Å². The second-order valence-corrected chi connectivity index (χ2v) is 5.88. The van der Waals surface area contributed by atoms with Gasteiger partial charge in [-0.25, -0.2) is 0 Å². The molecule has 0 spiro atoms. The van der Waals surface area contributed by atoms with E-state index in [-0.39, 0.29) is 0 Å². The predicted octanol–water partition coefficient (Wildman–Crippen LogP) is 3.19. The van der Waals surface area contributed by atoms with Crippen molar-refractivity contribution in [1.29, 1.82) is 0 Å². The van der Waals surface area contributed by atoms with Crippen LogP contribution in [0.5, 0.6) is 0 Å². The highest BCUT2D eigenvalue weighted by Crippen LogP contribution is 2.42. The van der Waals surface area contributed by atoms with E-state index in [0.29, 0.717) is 11.5 Å². The van der Waals surface area contributed by atoms with Crippen LogP contribution in [0, 0.1) is 5.41 Å². The molecule has 1 atom stereocenters. The summed E-state index contributed by atoms with van der Waals surface area (Å²) in [6.45, 7) is 6.86. The topological polar surface area (TPSA) is 12.5 Å². The third-order valence-electron chi connectivity index (χ3n) is 4.22. The molecule has 0 aromatic heterocycles. The Labute approximate surface area is 99.7 Å². The van der Waals surface area contributed by atoms with Crippen LogP contribution in [0.25, 0.3) is 0 Å². The molecule has 1 saturated heterocycles. The normalized spacial score (nSPS) is 31.6. The minimum absolute atomic E-state index is 0.431. The monoisotopic (exact) mass is 223 g/mol. The average molecular weight is 223 g/mol. The van der Waals surface area contributed by atoms with E-state index in [1.807, 2.05) is 7.11 Å². The molecule has 0 aromatic rings. The van der Waals surface area contributed by atoms with Crippen LogP contribution < -0.4 is 0 Å². The Morgan fingerprint density at radius 3 is 2.88 bits per heavy atom. The summed E-state index contributed by atoms with van der Waals surface area (Å²) in [7, 11) is 1.81. The van der Waals surface area contributed by atoms with Gasteiger partial charge < -0.3 is 9.64 Å². The van der Waals surface area contributed by atoms with Crippen LogP contribution >= 0.6 is 0 Å². The highest BCUT2D eigenvalue weighted by molar-refractivity contribution is 5.16. The molecule has 1 heterocycles. The van der Waals surface area contributed by atoms with Crippen molar-refractivity contribution in [2.24, 2.45) is 5.41 Å². The lowest BCUT2D eigenvalue weighted by molar-refractivity contribution is 0.137. The number of methoxy groups -OCH3 is 1. The Balaban J connectivity index is 2.04. The second-order valence-electron chi connectivity index (χ2n) is 5.88. The molecule has 0 radical (unpaired) electrons. The van der Waals surface area contributed by atoms with Crippen molar-refractivity contribution in [1.82, 2.24) is 4.90 Å². The average Bonchev–Trinajstić information content (AvgIpc) is 2.77. The summed E-state index contributed by atoms with van der Waals surface area (Å²) in [6, 6.07) is 0.619. The number of likely N-dealkylation sites (tertiary alicyclic amines) is 1. The van der Waals surface area contributed by atoms with E-state index < -0.39 is 0 Å². The molecule has 1 aliphatic carbocycles. The fourth-order valence-electron chi connectivity index (χ4n) is 3.06. The Kier molecular flexibility index (Phi) is 3.58. The fraction of sp³-hybridized carbons (Fsp3) is 0.857. The molecule has 16 heavy (non-hydrogen) atoms. The number of rotatable bonds is 3. The molecule has 2 rings (SSSR count). The van der Waals surface area contributed by atoms with Crippen molar-refractivity contribution in [3.8, 4) is 0 Å². The molecule has 0 bridgehead atoms. The van der Waals surface area contributed by atoms with E-state index in [1.165, 1.54) is 38.6 Å².